The first-order chi connectivity index (χ1) is 10.9. The van der Waals surface area contributed by atoms with Gasteiger partial charge >= 0.3 is 18.9 Å². The Morgan fingerprint density at radius 2 is 1.92 bits per heavy atom. The van der Waals surface area contributed by atoms with Gasteiger partial charge in [-0.25, -0.2) is 0 Å². The number of benzene rings is 2. The third-order valence-electron chi connectivity index (χ3n) is 4.25. The molecule has 0 aliphatic heterocycles. The zero-order valence-electron chi connectivity index (χ0n) is 15.1. The summed E-state index contributed by atoms with van der Waals surface area (Å²) in [5.74, 6) is 0. The molecule has 0 aliphatic rings. The second-order valence-corrected chi connectivity index (χ2v) is 7.62. The number of pyridine rings is 1. The molecule has 0 N–H and O–H groups in total. The molecular weight excluding hydrogens is 287 g/mol. The first kappa shape index (κ1) is 17.1. The summed E-state index contributed by atoms with van der Waals surface area (Å²) >= 11 is 0. The molecule has 0 radical (unpaired) electrons. The summed E-state index contributed by atoms with van der Waals surface area (Å²) in [6.45, 7) is 8.89. The quantitative estimate of drug-likeness (QED) is 0.300. The predicted octanol–water partition coefficient (Wildman–Crippen LogP) is 2.34. The summed E-state index contributed by atoms with van der Waals surface area (Å²) in [6.07, 6.45) is 3.18. The van der Waals surface area contributed by atoms with Gasteiger partial charge in [0.25, 0.3) is 0 Å². The van der Waals surface area contributed by atoms with Crippen LogP contribution in [0.5, 0.6) is 0 Å². The fourth-order valence-electron chi connectivity index (χ4n) is 3.44. The van der Waals surface area contributed by atoms with Gasteiger partial charge in [0.1, 0.15) is 0 Å². The number of aryl methyl sites for hydroxylation is 1. The van der Waals surface area contributed by atoms with E-state index in [0.717, 1.165) is 23.1 Å². The van der Waals surface area contributed by atoms with E-state index in [1.165, 1.54) is 21.9 Å². The molecule has 0 saturated carbocycles. The predicted molar refractivity (Wildman–Crippen MR) is 96.9 cm³/mol. The smallest absolute Gasteiger partial charge is 0.340 e. The monoisotopic (exact) mass is 308 g/mol. The van der Waals surface area contributed by atoms with Crippen molar-refractivity contribution in [2.75, 3.05) is 0 Å². The molecule has 3 heteroatoms. The Morgan fingerprint density at radius 1 is 1.12 bits per heavy atom. The summed E-state index contributed by atoms with van der Waals surface area (Å²) in [5.41, 5.74) is 4.91. The normalized spacial score (nSPS) is 12.0. The molecule has 0 bridgehead atoms. The van der Waals surface area contributed by atoms with Crippen molar-refractivity contribution in [3.63, 3.8) is 0 Å². The average molecular weight is 308 g/mol. The first-order valence-electron chi connectivity index (χ1n) is 8.13. The summed E-state index contributed by atoms with van der Waals surface area (Å²) in [5, 5.41) is 3.61. The molecule has 4 aromatic rings. The van der Waals surface area contributed by atoms with Gasteiger partial charge in [-0.15, -0.1) is 29.7 Å². The Hall–Kier alpha value is -1.75. The van der Waals surface area contributed by atoms with Crippen LogP contribution in [-0.4, -0.2) is 9.38 Å². The van der Waals surface area contributed by atoms with E-state index in [0.29, 0.717) is 0 Å². The fraction of sp³-hybridized carbons (Fsp3) is 0.286. The van der Waals surface area contributed by atoms with Crippen LogP contribution in [0, 0.1) is 18.4 Å². The van der Waals surface area contributed by atoms with E-state index in [2.05, 4.69) is 67.8 Å². The summed E-state index contributed by atoms with van der Waals surface area (Å²) < 4.78 is 2.20. The van der Waals surface area contributed by atoms with Gasteiger partial charge in [-0.1, -0.05) is 38.3 Å². The van der Waals surface area contributed by atoms with Crippen LogP contribution in [0.2, 0.25) is 0 Å². The van der Waals surface area contributed by atoms with Gasteiger partial charge < -0.3 is 4.40 Å². The van der Waals surface area contributed by atoms with Crippen LogP contribution in [0.4, 0.5) is 0 Å². The van der Waals surface area contributed by atoms with Crippen LogP contribution >= 0.6 is 0 Å². The second kappa shape index (κ2) is 5.95. The maximum Gasteiger partial charge on any atom is 1.00 e. The number of rotatable bonds is 1. The van der Waals surface area contributed by atoms with Crippen molar-refractivity contribution in [2.45, 2.75) is 34.1 Å². The van der Waals surface area contributed by atoms with Crippen molar-refractivity contribution in [1.82, 2.24) is 9.38 Å². The maximum atomic E-state index is 4.70. The van der Waals surface area contributed by atoms with Crippen molar-refractivity contribution < 1.29 is 18.9 Å². The van der Waals surface area contributed by atoms with E-state index in [9.17, 15) is 0 Å². The topological polar surface area (TPSA) is 17.3 Å². The van der Waals surface area contributed by atoms with Crippen LogP contribution in [0.3, 0.4) is 0 Å². The number of aromatic nitrogens is 2. The van der Waals surface area contributed by atoms with Gasteiger partial charge in [-0.05, 0) is 35.8 Å². The Morgan fingerprint density at radius 3 is 2.67 bits per heavy atom. The van der Waals surface area contributed by atoms with Gasteiger partial charge in [-0.3, -0.25) is 4.98 Å². The van der Waals surface area contributed by atoms with E-state index in [4.69, 9.17) is 4.98 Å². The Balaban J connectivity index is 0.00000169. The number of hydrogen-bond acceptors (Lipinski definition) is 1. The zero-order valence-corrected chi connectivity index (χ0v) is 15.1. The van der Waals surface area contributed by atoms with Crippen LogP contribution < -0.4 is 18.9 Å². The van der Waals surface area contributed by atoms with Crippen molar-refractivity contribution in [2.24, 2.45) is 5.41 Å². The minimum absolute atomic E-state index is 0. The van der Waals surface area contributed by atoms with Gasteiger partial charge in [0.2, 0.25) is 0 Å². The average Bonchev–Trinajstić information content (AvgIpc) is 2.88. The molecule has 0 atom stereocenters. The Kier molecular flexibility index (Phi) is 4.24. The molecule has 2 nitrogen and oxygen atoms in total. The van der Waals surface area contributed by atoms with E-state index < -0.39 is 0 Å². The van der Waals surface area contributed by atoms with E-state index >= 15 is 0 Å². The molecule has 2 aromatic carbocycles. The molecule has 0 aliphatic carbocycles. The van der Waals surface area contributed by atoms with Gasteiger partial charge in [-0.2, -0.15) is 0 Å². The molecule has 0 spiro atoms. The standard InChI is InChI=1S/C21H21N2.Li/c1-14-13-23-19-10-9-15(12-21(2,3)4)11-18(19)16-7-5-6-8-17(16)20(23)22-14;/h5-7,9-11,13H,12H2,1-4H3;/q-1;+1. The number of fused-ring (bicyclic) bond motifs is 6. The molecule has 116 valence electrons. The minimum Gasteiger partial charge on any atom is -0.340 e. The van der Waals surface area contributed by atoms with Crippen molar-refractivity contribution >= 4 is 27.3 Å². The molecule has 0 amide bonds. The largest absolute Gasteiger partial charge is 1.00 e. The van der Waals surface area contributed by atoms with Crippen LogP contribution in [0.15, 0.2) is 42.6 Å². The third kappa shape index (κ3) is 2.86. The Labute approximate surface area is 155 Å². The summed E-state index contributed by atoms with van der Waals surface area (Å²) in [4.78, 5) is 4.70. The SMILES string of the molecule is Cc1cn2c3ccc(CC(C)(C)C)cc3c3ccc[c-]c3c2n1.[Li+]. The van der Waals surface area contributed by atoms with Gasteiger partial charge in [0.15, 0.2) is 0 Å². The molecular formula is C21H21LiN2. The molecule has 0 saturated heterocycles. The van der Waals surface area contributed by atoms with Gasteiger partial charge in [0, 0.05) is 17.4 Å². The second-order valence-electron chi connectivity index (χ2n) is 7.62. The number of nitrogens with zero attached hydrogens (tertiary/aromatic N) is 2. The number of hydrogen-bond donors (Lipinski definition) is 0. The Bertz CT molecular complexity index is 1040. The van der Waals surface area contributed by atoms with E-state index in [1.54, 1.807) is 0 Å². The molecule has 4 rings (SSSR count). The molecule has 2 aromatic heterocycles. The van der Waals surface area contributed by atoms with E-state index in [1.807, 2.05) is 13.0 Å². The maximum absolute atomic E-state index is 4.70. The van der Waals surface area contributed by atoms with Crippen molar-refractivity contribution in [3.05, 3.63) is 59.9 Å². The first-order valence-corrected chi connectivity index (χ1v) is 8.13. The molecule has 0 unspecified atom stereocenters. The van der Waals surface area contributed by atoms with Crippen LogP contribution in [0.25, 0.3) is 27.3 Å². The minimum atomic E-state index is 0. The number of imidazole rings is 1. The van der Waals surface area contributed by atoms with Crippen molar-refractivity contribution in [1.29, 1.82) is 0 Å². The summed E-state index contributed by atoms with van der Waals surface area (Å²) in [6, 6.07) is 16.4. The van der Waals surface area contributed by atoms with Crippen LogP contribution in [0.1, 0.15) is 32.0 Å². The van der Waals surface area contributed by atoms with Crippen LogP contribution in [-0.2, 0) is 6.42 Å². The fourth-order valence-corrected chi connectivity index (χ4v) is 3.44. The molecule has 2 heterocycles. The van der Waals surface area contributed by atoms with Gasteiger partial charge in [0.05, 0.1) is 5.65 Å². The summed E-state index contributed by atoms with van der Waals surface area (Å²) in [7, 11) is 0. The van der Waals surface area contributed by atoms with Crippen molar-refractivity contribution in [3.8, 4) is 0 Å². The third-order valence-corrected chi connectivity index (χ3v) is 4.25. The molecule has 24 heavy (non-hydrogen) atoms. The zero-order chi connectivity index (χ0) is 16.2. The van der Waals surface area contributed by atoms with E-state index in [-0.39, 0.29) is 24.3 Å². The molecule has 0 fully saturated rings.